The molecule has 2 aliphatic heterocycles. The molecule has 0 N–H and O–H groups in total. The highest BCUT2D eigenvalue weighted by Gasteiger charge is 2.29. The number of morpholine rings is 1. The molecular formula is C15H16BrN3O3. The number of amides is 2. The van der Waals surface area contributed by atoms with Gasteiger partial charge in [0, 0.05) is 30.4 Å². The molecule has 2 heterocycles. The topological polar surface area (TPSA) is 62.2 Å². The van der Waals surface area contributed by atoms with Gasteiger partial charge in [0.15, 0.2) is 0 Å². The SMILES string of the molecule is O=C(C1=NN(c2ccc(Br)cc2)C(=O)CC1)N1CCOCC1. The Labute approximate surface area is 136 Å². The molecule has 0 atom stereocenters. The summed E-state index contributed by atoms with van der Waals surface area (Å²) in [6.07, 6.45) is 0.688. The highest BCUT2D eigenvalue weighted by atomic mass is 79.9. The first kappa shape index (κ1) is 15.2. The number of hydrazone groups is 1. The summed E-state index contributed by atoms with van der Waals surface area (Å²) in [6.45, 7) is 2.25. The van der Waals surface area contributed by atoms with Crippen LogP contribution in [0.5, 0.6) is 0 Å². The quantitative estimate of drug-likeness (QED) is 0.802. The minimum atomic E-state index is -0.0992. The summed E-state index contributed by atoms with van der Waals surface area (Å²) >= 11 is 3.36. The van der Waals surface area contributed by atoms with Crippen LogP contribution in [0.4, 0.5) is 5.69 Å². The van der Waals surface area contributed by atoms with E-state index in [2.05, 4.69) is 21.0 Å². The highest BCUT2D eigenvalue weighted by Crippen LogP contribution is 2.23. The van der Waals surface area contributed by atoms with Crippen molar-refractivity contribution in [2.75, 3.05) is 31.3 Å². The van der Waals surface area contributed by atoms with Gasteiger partial charge in [0.25, 0.3) is 5.91 Å². The van der Waals surface area contributed by atoms with E-state index in [9.17, 15) is 9.59 Å². The number of halogens is 1. The second-order valence-corrected chi connectivity index (χ2v) is 6.05. The van der Waals surface area contributed by atoms with Crippen LogP contribution in [0.1, 0.15) is 12.8 Å². The van der Waals surface area contributed by atoms with Crippen molar-refractivity contribution in [1.29, 1.82) is 0 Å². The van der Waals surface area contributed by atoms with E-state index in [4.69, 9.17) is 4.74 Å². The number of benzene rings is 1. The smallest absolute Gasteiger partial charge is 0.270 e. The molecule has 116 valence electrons. The number of hydrogen-bond donors (Lipinski definition) is 0. The second kappa shape index (κ2) is 6.58. The summed E-state index contributed by atoms with van der Waals surface area (Å²) < 4.78 is 6.18. The van der Waals surface area contributed by atoms with Crippen LogP contribution >= 0.6 is 15.9 Å². The summed E-state index contributed by atoms with van der Waals surface area (Å²) in [7, 11) is 0. The van der Waals surface area contributed by atoms with Crippen LogP contribution in [0.2, 0.25) is 0 Å². The molecule has 2 aliphatic rings. The maximum Gasteiger partial charge on any atom is 0.270 e. The number of nitrogens with zero attached hydrogens (tertiary/aromatic N) is 3. The van der Waals surface area contributed by atoms with Gasteiger partial charge >= 0.3 is 0 Å². The van der Waals surface area contributed by atoms with Crippen molar-refractivity contribution in [3.63, 3.8) is 0 Å². The van der Waals surface area contributed by atoms with Gasteiger partial charge < -0.3 is 9.64 Å². The first-order valence-corrected chi connectivity index (χ1v) is 7.97. The molecule has 7 heteroatoms. The lowest BCUT2D eigenvalue weighted by molar-refractivity contribution is -0.128. The zero-order valence-electron chi connectivity index (χ0n) is 12.0. The van der Waals surface area contributed by atoms with E-state index < -0.39 is 0 Å². The number of hydrogen-bond acceptors (Lipinski definition) is 4. The van der Waals surface area contributed by atoms with Gasteiger partial charge in [-0.15, -0.1) is 0 Å². The van der Waals surface area contributed by atoms with Gasteiger partial charge in [0.1, 0.15) is 5.71 Å². The van der Waals surface area contributed by atoms with Gasteiger partial charge in [-0.25, -0.2) is 5.01 Å². The largest absolute Gasteiger partial charge is 0.378 e. The molecule has 2 amide bonds. The average molecular weight is 366 g/mol. The van der Waals surface area contributed by atoms with E-state index in [1.54, 1.807) is 17.0 Å². The van der Waals surface area contributed by atoms with Crippen molar-refractivity contribution in [1.82, 2.24) is 4.90 Å². The standard InChI is InChI=1S/C15H16BrN3O3/c16-11-1-3-12(4-2-11)19-14(20)6-5-13(17-19)15(21)18-7-9-22-10-8-18/h1-4H,5-10H2. The van der Waals surface area contributed by atoms with Crippen LogP contribution in [-0.4, -0.2) is 48.7 Å². The maximum atomic E-state index is 12.5. The first-order chi connectivity index (χ1) is 10.6. The molecule has 3 rings (SSSR count). The predicted octanol–water partition coefficient (Wildman–Crippen LogP) is 1.79. The third-order valence-electron chi connectivity index (χ3n) is 3.65. The van der Waals surface area contributed by atoms with Crippen LogP contribution in [-0.2, 0) is 14.3 Å². The van der Waals surface area contributed by atoms with Crippen molar-refractivity contribution in [3.05, 3.63) is 28.7 Å². The van der Waals surface area contributed by atoms with Gasteiger partial charge in [-0.2, -0.15) is 5.10 Å². The Hall–Kier alpha value is -1.73. The van der Waals surface area contributed by atoms with E-state index in [1.165, 1.54) is 5.01 Å². The molecule has 0 bridgehead atoms. The lowest BCUT2D eigenvalue weighted by atomic mass is 10.1. The number of rotatable bonds is 2. The Morgan fingerprint density at radius 1 is 1.14 bits per heavy atom. The molecule has 6 nitrogen and oxygen atoms in total. The number of ether oxygens (including phenoxy) is 1. The van der Waals surface area contributed by atoms with E-state index in [1.807, 2.05) is 12.1 Å². The fraction of sp³-hybridized carbons (Fsp3) is 0.400. The molecule has 0 saturated carbocycles. The normalized spacial score (nSPS) is 19.1. The molecule has 1 aromatic carbocycles. The minimum Gasteiger partial charge on any atom is -0.378 e. The van der Waals surface area contributed by atoms with Crippen molar-refractivity contribution in [2.45, 2.75) is 12.8 Å². The molecule has 0 aromatic heterocycles. The fourth-order valence-corrected chi connectivity index (χ4v) is 2.70. The van der Waals surface area contributed by atoms with E-state index in [-0.39, 0.29) is 11.8 Å². The van der Waals surface area contributed by atoms with Crippen LogP contribution in [0.25, 0.3) is 0 Å². The molecule has 1 saturated heterocycles. The van der Waals surface area contributed by atoms with Crippen LogP contribution < -0.4 is 5.01 Å². The molecule has 22 heavy (non-hydrogen) atoms. The first-order valence-electron chi connectivity index (χ1n) is 7.18. The summed E-state index contributed by atoms with van der Waals surface area (Å²) in [5.41, 5.74) is 1.10. The number of carbonyl (C=O) groups is 2. The van der Waals surface area contributed by atoms with Crippen LogP contribution in [0.15, 0.2) is 33.8 Å². The van der Waals surface area contributed by atoms with E-state index in [0.717, 1.165) is 4.47 Å². The van der Waals surface area contributed by atoms with E-state index >= 15 is 0 Å². The Bertz CT molecular complexity index is 609. The summed E-state index contributed by atoms with van der Waals surface area (Å²) in [6, 6.07) is 7.29. The monoisotopic (exact) mass is 365 g/mol. The third-order valence-corrected chi connectivity index (χ3v) is 4.18. The lowest BCUT2D eigenvalue weighted by Crippen LogP contribution is -2.46. The van der Waals surface area contributed by atoms with Gasteiger partial charge in [0.05, 0.1) is 18.9 Å². The summed E-state index contributed by atoms with van der Waals surface area (Å²) in [4.78, 5) is 26.3. The lowest BCUT2D eigenvalue weighted by Gasteiger charge is -2.29. The maximum absolute atomic E-state index is 12.5. The summed E-state index contributed by atoms with van der Waals surface area (Å²) in [5, 5.41) is 5.61. The Balaban J connectivity index is 1.82. The molecule has 1 fully saturated rings. The molecule has 1 aromatic rings. The van der Waals surface area contributed by atoms with Crippen molar-refractivity contribution in [3.8, 4) is 0 Å². The second-order valence-electron chi connectivity index (χ2n) is 5.13. The fourth-order valence-electron chi connectivity index (χ4n) is 2.44. The van der Waals surface area contributed by atoms with E-state index in [0.29, 0.717) is 50.5 Å². The van der Waals surface area contributed by atoms with Crippen LogP contribution in [0, 0.1) is 0 Å². The molecule has 0 unspecified atom stereocenters. The highest BCUT2D eigenvalue weighted by molar-refractivity contribution is 9.10. The molecule has 0 spiro atoms. The Kier molecular flexibility index (Phi) is 4.54. The van der Waals surface area contributed by atoms with Crippen LogP contribution in [0.3, 0.4) is 0 Å². The van der Waals surface area contributed by atoms with Gasteiger partial charge in [-0.1, -0.05) is 15.9 Å². The molecular weight excluding hydrogens is 350 g/mol. The molecule has 0 aliphatic carbocycles. The molecule has 0 radical (unpaired) electrons. The Morgan fingerprint density at radius 2 is 1.82 bits per heavy atom. The Morgan fingerprint density at radius 3 is 2.50 bits per heavy atom. The minimum absolute atomic E-state index is 0.0964. The predicted molar refractivity (Wildman–Crippen MR) is 85.7 cm³/mol. The van der Waals surface area contributed by atoms with Crippen molar-refractivity contribution in [2.24, 2.45) is 5.10 Å². The number of anilines is 1. The van der Waals surface area contributed by atoms with Gasteiger partial charge in [-0.3, -0.25) is 9.59 Å². The van der Waals surface area contributed by atoms with Crippen molar-refractivity contribution < 1.29 is 14.3 Å². The number of carbonyl (C=O) groups excluding carboxylic acids is 2. The average Bonchev–Trinajstić information content (AvgIpc) is 2.56. The van der Waals surface area contributed by atoms with Gasteiger partial charge in [0.2, 0.25) is 5.91 Å². The summed E-state index contributed by atoms with van der Waals surface area (Å²) in [5.74, 6) is -0.196. The third kappa shape index (κ3) is 3.20. The van der Waals surface area contributed by atoms with Gasteiger partial charge in [-0.05, 0) is 24.3 Å². The zero-order chi connectivity index (χ0) is 15.5. The van der Waals surface area contributed by atoms with Crippen molar-refractivity contribution >= 4 is 39.1 Å². The zero-order valence-corrected chi connectivity index (χ0v) is 13.6.